The molecule has 0 amide bonds. The molecule has 0 aliphatic carbocycles. The quantitative estimate of drug-likeness (QED) is 0.491. The molecule has 0 aliphatic heterocycles. The predicted molar refractivity (Wildman–Crippen MR) is 35.2 cm³/mol. The summed E-state index contributed by atoms with van der Waals surface area (Å²) in [7, 11) is 0. The molecule has 3 heterocycles. The third kappa shape index (κ3) is 0.462. The molecule has 7 nitrogen and oxygen atoms in total. The van der Waals surface area contributed by atoms with E-state index in [0.29, 0.717) is 13.8 Å². The number of hydrogen-bond donors (Lipinski definition) is 1. The van der Waals surface area contributed by atoms with Crippen molar-refractivity contribution in [3.63, 3.8) is 0 Å². The number of fused-ring (bicyclic) bond motifs is 2. The summed E-state index contributed by atoms with van der Waals surface area (Å²) in [4.78, 5) is 22.4. The van der Waals surface area contributed by atoms with E-state index >= 15 is 0 Å². The Morgan fingerprint density at radius 1 is 1.42 bits per heavy atom. The van der Waals surface area contributed by atoms with E-state index in [2.05, 4.69) is 0 Å². The summed E-state index contributed by atoms with van der Waals surface area (Å²) in [6.07, 6.45) is 1.54. The first kappa shape index (κ1) is 6.48. The zero-order valence-corrected chi connectivity index (χ0v) is 5.63. The Morgan fingerprint density at radius 2 is 2.08 bits per heavy atom. The third-order valence-electron chi connectivity index (χ3n) is 1.51. The van der Waals surface area contributed by atoms with Crippen LogP contribution in [0.4, 0.5) is 0 Å². The minimum absolute atomic E-state index is 0.533. The number of rotatable bonds is 0. The van der Waals surface area contributed by atoms with Crippen LogP contribution < -0.4 is 11.2 Å². The maximum atomic E-state index is 10.9. The van der Waals surface area contributed by atoms with Gasteiger partial charge in [0.1, 0.15) is 0 Å². The van der Waals surface area contributed by atoms with Crippen LogP contribution in [0.15, 0.2) is 15.7 Å². The van der Waals surface area contributed by atoms with E-state index in [4.69, 9.17) is 10.4 Å². The van der Waals surface area contributed by atoms with Crippen molar-refractivity contribution in [2.45, 2.75) is 0 Å². The molecule has 0 aromatic carbocycles. The lowest BCUT2D eigenvalue weighted by atomic mass is 10.6. The van der Waals surface area contributed by atoms with Crippen LogP contribution in [0.3, 0.4) is 0 Å². The molecule has 7 heteroatoms. The Bertz CT molecular complexity index is 567. The van der Waals surface area contributed by atoms with Gasteiger partial charge in [0, 0.05) is 0 Å². The molecule has 0 unspecified atom stereocenters. The molecule has 0 radical (unpaired) electrons. The van der Waals surface area contributed by atoms with Gasteiger partial charge in [-0.25, -0.2) is 4.79 Å². The van der Waals surface area contributed by atoms with E-state index in [1.165, 1.54) is 6.19 Å². The molecule has 0 saturated heterocycles. The van der Waals surface area contributed by atoms with E-state index in [1.54, 1.807) is 0 Å². The van der Waals surface area contributed by atoms with Crippen molar-refractivity contribution in [3.8, 4) is 12.1 Å². The second kappa shape index (κ2) is 1.68. The van der Waals surface area contributed by atoms with Crippen LogP contribution in [0.5, 0.6) is 5.88 Å². The maximum absolute atomic E-state index is 10.9. The van der Waals surface area contributed by atoms with Crippen LogP contribution in [0.1, 0.15) is 0 Å². The van der Waals surface area contributed by atoms with E-state index in [9.17, 15) is 9.59 Å². The predicted octanol–water partition coefficient (Wildman–Crippen LogP) is -1.97. The molecule has 2 bridgehead atoms. The molecule has 3 aromatic rings. The standard InChI is InChI=1S/C5H2N4O3/c6-2-7-8-3(10)1-4(11)9(7)5(8)12/h1,10H. The number of aromatic hydroxyl groups is 1. The highest BCUT2D eigenvalue weighted by molar-refractivity contribution is 5.09. The molecule has 0 aliphatic rings. The second-order valence-corrected chi connectivity index (χ2v) is 2.14. The molecule has 12 heavy (non-hydrogen) atoms. The average Bonchev–Trinajstić information content (AvgIpc) is 1.98. The van der Waals surface area contributed by atoms with Crippen LogP contribution in [-0.4, -0.2) is 18.9 Å². The van der Waals surface area contributed by atoms with Crippen molar-refractivity contribution in [2.24, 2.45) is 0 Å². The molecule has 0 atom stereocenters. The van der Waals surface area contributed by atoms with Gasteiger partial charge in [-0.3, -0.25) is 4.79 Å². The summed E-state index contributed by atoms with van der Waals surface area (Å²) in [5.74, 6) is -0.533. The smallest absolute Gasteiger partial charge is 0.377 e. The monoisotopic (exact) mass is 166 g/mol. The lowest BCUT2D eigenvalue weighted by Gasteiger charge is -2.11. The largest absolute Gasteiger partial charge is 0.493 e. The average molecular weight is 166 g/mol. The minimum atomic E-state index is -0.721. The van der Waals surface area contributed by atoms with Crippen molar-refractivity contribution in [1.82, 2.24) is 13.8 Å². The highest BCUT2D eigenvalue weighted by atomic mass is 16.3. The number of nitriles is 1. The molecule has 60 valence electrons. The first-order chi connectivity index (χ1) is 5.66. The SMILES string of the molecule is N#Cn1n2c(O)cc(=O)n1c2=O. The molecule has 3 aromatic heterocycles. The fraction of sp³-hybridized carbons (Fsp3) is 0. The number of hydrogen-bond acceptors (Lipinski definition) is 4. The molecular formula is C5H2N4O3. The van der Waals surface area contributed by atoms with Gasteiger partial charge in [0.05, 0.1) is 6.07 Å². The molecule has 1 N–H and O–H groups in total. The van der Waals surface area contributed by atoms with Gasteiger partial charge in [-0.15, -0.1) is 9.03 Å². The summed E-state index contributed by atoms with van der Waals surface area (Å²) in [5, 5.41) is 17.4. The Morgan fingerprint density at radius 3 is 2.50 bits per heavy atom. The molecule has 0 fully saturated rings. The number of aromatic nitrogens is 3. The number of nitrogens with zero attached hydrogens (tertiary/aromatic N) is 4. The van der Waals surface area contributed by atoms with Crippen LogP contribution in [0, 0.1) is 11.5 Å². The summed E-state index contributed by atoms with van der Waals surface area (Å²) in [6, 6.07) is 0.856. The zero-order chi connectivity index (χ0) is 8.88. The van der Waals surface area contributed by atoms with E-state index in [0.717, 1.165) is 6.07 Å². The topological polar surface area (TPSA) is 91.9 Å². The van der Waals surface area contributed by atoms with E-state index < -0.39 is 17.1 Å². The maximum Gasteiger partial charge on any atom is 0.377 e. The Balaban J connectivity index is 3.14. The molecule has 0 spiro atoms. The van der Waals surface area contributed by atoms with Crippen LogP contribution in [-0.2, 0) is 0 Å². The van der Waals surface area contributed by atoms with Crippen molar-refractivity contribution >= 4 is 0 Å². The normalized spacial score (nSPS) is 10.6. The van der Waals surface area contributed by atoms with Crippen molar-refractivity contribution in [3.05, 3.63) is 26.9 Å². The van der Waals surface area contributed by atoms with Gasteiger partial charge < -0.3 is 5.11 Å². The van der Waals surface area contributed by atoms with Gasteiger partial charge in [-0.05, 0) is 0 Å². The van der Waals surface area contributed by atoms with Gasteiger partial charge in [0.15, 0.2) is 0 Å². The molecular weight excluding hydrogens is 164 g/mol. The Kier molecular flexibility index (Phi) is 0.905. The highest BCUT2D eigenvalue weighted by Crippen LogP contribution is 1.99. The Labute approximate surface area is 64.2 Å². The van der Waals surface area contributed by atoms with Crippen molar-refractivity contribution in [1.29, 1.82) is 5.26 Å². The van der Waals surface area contributed by atoms with Gasteiger partial charge in [0.25, 0.3) is 5.56 Å². The zero-order valence-electron chi connectivity index (χ0n) is 5.63. The fourth-order valence-corrected chi connectivity index (χ4v) is 1.01. The minimum Gasteiger partial charge on any atom is -0.493 e. The van der Waals surface area contributed by atoms with E-state index in [1.807, 2.05) is 0 Å². The van der Waals surface area contributed by atoms with E-state index in [-0.39, 0.29) is 0 Å². The van der Waals surface area contributed by atoms with Crippen LogP contribution >= 0.6 is 0 Å². The summed E-state index contributed by atoms with van der Waals surface area (Å²) in [6.45, 7) is 0. The summed E-state index contributed by atoms with van der Waals surface area (Å²) < 4.78 is 1.29. The van der Waals surface area contributed by atoms with Crippen LogP contribution in [0.2, 0.25) is 0 Å². The third-order valence-corrected chi connectivity index (χ3v) is 1.51. The molecule has 0 saturated carbocycles. The summed E-state index contributed by atoms with van der Waals surface area (Å²) in [5.41, 5.74) is -1.44. The van der Waals surface area contributed by atoms with Crippen molar-refractivity contribution < 1.29 is 5.11 Å². The highest BCUT2D eigenvalue weighted by Gasteiger charge is 2.17. The van der Waals surface area contributed by atoms with Crippen molar-refractivity contribution in [2.75, 3.05) is 0 Å². The fourth-order valence-electron chi connectivity index (χ4n) is 1.01. The van der Waals surface area contributed by atoms with Gasteiger partial charge >= 0.3 is 5.69 Å². The van der Waals surface area contributed by atoms with Gasteiger partial charge in [0.2, 0.25) is 12.1 Å². The van der Waals surface area contributed by atoms with Gasteiger partial charge in [-0.2, -0.15) is 5.26 Å². The first-order valence-corrected chi connectivity index (χ1v) is 2.95. The molecule has 3 rings (SSSR count). The van der Waals surface area contributed by atoms with Gasteiger partial charge in [-0.1, -0.05) is 4.80 Å². The second-order valence-electron chi connectivity index (χ2n) is 2.14. The lowest BCUT2D eigenvalue weighted by molar-refractivity contribution is 0.345. The van der Waals surface area contributed by atoms with Crippen LogP contribution in [0.25, 0.3) is 0 Å². The Hall–Kier alpha value is -2.23. The summed E-state index contributed by atoms with van der Waals surface area (Å²) >= 11 is 0. The lowest BCUT2D eigenvalue weighted by Crippen LogP contribution is -2.48. The first-order valence-electron chi connectivity index (χ1n) is 2.95.